The maximum absolute atomic E-state index is 5.66. The molecule has 0 radical (unpaired) electrons. The molecule has 0 aliphatic heterocycles. The first kappa shape index (κ1) is 9.61. The second kappa shape index (κ2) is 4.06. The van der Waals surface area contributed by atoms with E-state index in [2.05, 4.69) is 9.97 Å². The number of hydrogen-bond acceptors (Lipinski definition) is 4. The molecule has 15 heavy (non-hydrogen) atoms. The Bertz CT molecular complexity index is 450. The third-order valence-corrected chi connectivity index (χ3v) is 2.11. The number of rotatable bonds is 2. The molecule has 0 atom stereocenters. The third kappa shape index (κ3) is 2.11. The van der Waals surface area contributed by atoms with Crippen LogP contribution in [0.15, 0.2) is 36.7 Å². The SMILES string of the molecule is NCc1ccc(-c2cc(N)ccn2)nc1. The van der Waals surface area contributed by atoms with E-state index in [9.17, 15) is 0 Å². The highest BCUT2D eigenvalue weighted by Gasteiger charge is 2.00. The summed E-state index contributed by atoms with van der Waals surface area (Å²) < 4.78 is 0. The summed E-state index contributed by atoms with van der Waals surface area (Å²) >= 11 is 0. The number of nitrogens with zero attached hydrogens (tertiary/aromatic N) is 2. The highest BCUT2D eigenvalue weighted by Crippen LogP contribution is 2.16. The van der Waals surface area contributed by atoms with Crippen LogP contribution in [-0.2, 0) is 6.54 Å². The van der Waals surface area contributed by atoms with Crippen LogP contribution in [0.3, 0.4) is 0 Å². The molecule has 0 aliphatic carbocycles. The molecule has 0 fully saturated rings. The van der Waals surface area contributed by atoms with Crippen LogP contribution in [0.25, 0.3) is 11.4 Å². The van der Waals surface area contributed by atoms with Gasteiger partial charge in [-0.2, -0.15) is 0 Å². The molecule has 2 aromatic rings. The number of nitrogen functional groups attached to an aromatic ring is 1. The fourth-order valence-corrected chi connectivity index (χ4v) is 1.28. The molecule has 2 heterocycles. The molecule has 4 N–H and O–H groups in total. The Kier molecular flexibility index (Phi) is 2.60. The van der Waals surface area contributed by atoms with Crippen molar-refractivity contribution in [1.82, 2.24) is 9.97 Å². The number of nitrogens with two attached hydrogens (primary N) is 2. The van der Waals surface area contributed by atoms with E-state index >= 15 is 0 Å². The monoisotopic (exact) mass is 200 g/mol. The topological polar surface area (TPSA) is 77.8 Å². The molecule has 0 aliphatic rings. The fourth-order valence-electron chi connectivity index (χ4n) is 1.28. The Hall–Kier alpha value is -1.94. The molecular weight excluding hydrogens is 188 g/mol. The molecule has 0 bridgehead atoms. The quantitative estimate of drug-likeness (QED) is 0.763. The molecule has 4 heteroatoms. The van der Waals surface area contributed by atoms with Crippen LogP contribution in [0.2, 0.25) is 0 Å². The van der Waals surface area contributed by atoms with Gasteiger partial charge in [-0.15, -0.1) is 0 Å². The minimum atomic E-state index is 0.498. The van der Waals surface area contributed by atoms with E-state index in [1.54, 1.807) is 24.5 Å². The first-order valence-electron chi connectivity index (χ1n) is 4.66. The summed E-state index contributed by atoms with van der Waals surface area (Å²) in [6, 6.07) is 7.37. The lowest BCUT2D eigenvalue weighted by molar-refractivity contribution is 1.05. The Balaban J connectivity index is 2.37. The van der Waals surface area contributed by atoms with Crippen molar-refractivity contribution in [2.45, 2.75) is 6.54 Å². The number of aromatic nitrogens is 2. The van der Waals surface area contributed by atoms with Crippen LogP contribution in [0.1, 0.15) is 5.56 Å². The minimum Gasteiger partial charge on any atom is -0.399 e. The summed E-state index contributed by atoms with van der Waals surface area (Å²) in [4.78, 5) is 8.45. The minimum absolute atomic E-state index is 0.498. The van der Waals surface area contributed by atoms with Gasteiger partial charge in [0.25, 0.3) is 0 Å². The van der Waals surface area contributed by atoms with Gasteiger partial charge in [0, 0.05) is 24.6 Å². The van der Waals surface area contributed by atoms with E-state index in [1.807, 2.05) is 12.1 Å². The van der Waals surface area contributed by atoms with Gasteiger partial charge < -0.3 is 11.5 Å². The van der Waals surface area contributed by atoms with Crippen molar-refractivity contribution in [2.75, 3.05) is 5.73 Å². The molecule has 0 saturated heterocycles. The Morgan fingerprint density at radius 2 is 1.93 bits per heavy atom. The summed E-state index contributed by atoms with van der Waals surface area (Å²) in [6.45, 7) is 0.498. The van der Waals surface area contributed by atoms with Gasteiger partial charge in [0.05, 0.1) is 11.4 Å². The number of hydrogen-bond donors (Lipinski definition) is 2. The van der Waals surface area contributed by atoms with Crippen molar-refractivity contribution < 1.29 is 0 Å². The summed E-state index contributed by atoms with van der Waals surface area (Å²) in [7, 11) is 0. The van der Waals surface area contributed by atoms with Crippen molar-refractivity contribution in [1.29, 1.82) is 0 Å². The summed E-state index contributed by atoms with van der Waals surface area (Å²) in [5.74, 6) is 0. The second-order valence-corrected chi connectivity index (χ2v) is 3.23. The van der Waals surface area contributed by atoms with E-state index in [-0.39, 0.29) is 0 Å². The maximum atomic E-state index is 5.66. The van der Waals surface area contributed by atoms with E-state index in [1.165, 1.54) is 0 Å². The van der Waals surface area contributed by atoms with Crippen molar-refractivity contribution in [3.8, 4) is 11.4 Å². The molecule has 0 aromatic carbocycles. The zero-order valence-corrected chi connectivity index (χ0v) is 8.22. The fraction of sp³-hybridized carbons (Fsp3) is 0.0909. The Morgan fingerprint density at radius 1 is 1.07 bits per heavy atom. The van der Waals surface area contributed by atoms with Gasteiger partial charge >= 0.3 is 0 Å². The molecule has 76 valence electrons. The highest BCUT2D eigenvalue weighted by molar-refractivity contribution is 5.59. The van der Waals surface area contributed by atoms with E-state index in [4.69, 9.17) is 11.5 Å². The predicted octanol–water partition coefficient (Wildman–Crippen LogP) is 1.18. The van der Waals surface area contributed by atoms with Gasteiger partial charge in [0.2, 0.25) is 0 Å². The van der Waals surface area contributed by atoms with E-state index in [0.29, 0.717) is 12.2 Å². The number of anilines is 1. The lowest BCUT2D eigenvalue weighted by Gasteiger charge is -2.01. The average Bonchev–Trinajstić information content (AvgIpc) is 2.29. The second-order valence-electron chi connectivity index (χ2n) is 3.23. The summed E-state index contributed by atoms with van der Waals surface area (Å²) in [6.07, 6.45) is 3.42. The first-order chi connectivity index (χ1) is 7.29. The number of pyridine rings is 2. The van der Waals surface area contributed by atoms with Gasteiger partial charge in [-0.3, -0.25) is 9.97 Å². The molecular formula is C11H12N4. The molecule has 0 saturated carbocycles. The van der Waals surface area contributed by atoms with Crippen LogP contribution in [0.4, 0.5) is 5.69 Å². The molecule has 0 amide bonds. The van der Waals surface area contributed by atoms with Gasteiger partial charge in [-0.25, -0.2) is 0 Å². The zero-order valence-electron chi connectivity index (χ0n) is 8.22. The van der Waals surface area contributed by atoms with Crippen molar-refractivity contribution in [3.05, 3.63) is 42.2 Å². The van der Waals surface area contributed by atoms with Crippen LogP contribution in [0, 0.1) is 0 Å². The van der Waals surface area contributed by atoms with Crippen LogP contribution in [-0.4, -0.2) is 9.97 Å². The largest absolute Gasteiger partial charge is 0.399 e. The smallest absolute Gasteiger partial charge is 0.0906 e. The van der Waals surface area contributed by atoms with Gasteiger partial charge in [0.15, 0.2) is 0 Å². The standard InChI is InChI=1S/C11H12N4/c12-6-8-1-2-10(15-7-8)11-5-9(13)3-4-14-11/h1-5,7H,6,12H2,(H2,13,14). The maximum Gasteiger partial charge on any atom is 0.0906 e. The molecule has 4 nitrogen and oxygen atoms in total. The first-order valence-corrected chi connectivity index (χ1v) is 4.66. The normalized spacial score (nSPS) is 10.2. The molecule has 0 spiro atoms. The van der Waals surface area contributed by atoms with E-state index in [0.717, 1.165) is 17.0 Å². The zero-order chi connectivity index (χ0) is 10.7. The van der Waals surface area contributed by atoms with Crippen molar-refractivity contribution in [2.24, 2.45) is 5.73 Å². The van der Waals surface area contributed by atoms with Gasteiger partial charge in [0.1, 0.15) is 0 Å². The lowest BCUT2D eigenvalue weighted by Crippen LogP contribution is -1.97. The van der Waals surface area contributed by atoms with Crippen LogP contribution in [0.5, 0.6) is 0 Å². The summed E-state index contributed by atoms with van der Waals surface area (Å²) in [5, 5.41) is 0. The third-order valence-electron chi connectivity index (χ3n) is 2.11. The van der Waals surface area contributed by atoms with Crippen molar-refractivity contribution >= 4 is 5.69 Å². The van der Waals surface area contributed by atoms with E-state index < -0.39 is 0 Å². The highest BCUT2D eigenvalue weighted by atomic mass is 14.8. The van der Waals surface area contributed by atoms with Gasteiger partial charge in [-0.05, 0) is 23.8 Å². The average molecular weight is 200 g/mol. The predicted molar refractivity (Wildman–Crippen MR) is 59.8 cm³/mol. The lowest BCUT2D eigenvalue weighted by atomic mass is 10.2. The molecule has 2 rings (SSSR count). The summed E-state index contributed by atoms with van der Waals surface area (Å²) in [5.41, 5.74) is 14.4. The van der Waals surface area contributed by atoms with Crippen LogP contribution < -0.4 is 11.5 Å². The van der Waals surface area contributed by atoms with Gasteiger partial charge in [-0.1, -0.05) is 6.07 Å². The van der Waals surface area contributed by atoms with Crippen LogP contribution >= 0.6 is 0 Å². The Labute approximate surface area is 88.0 Å². The van der Waals surface area contributed by atoms with Crippen molar-refractivity contribution in [3.63, 3.8) is 0 Å². The Morgan fingerprint density at radius 3 is 2.53 bits per heavy atom. The molecule has 0 unspecified atom stereocenters. The molecule has 2 aromatic heterocycles.